The van der Waals surface area contributed by atoms with E-state index in [4.69, 9.17) is 14.2 Å². The smallest absolute Gasteiger partial charge is 0.249 e. The summed E-state index contributed by atoms with van der Waals surface area (Å²) in [6.45, 7) is 2.11. The van der Waals surface area contributed by atoms with Crippen LogP contribution in [0.5, 0.6) is 0 Å². The van der Waals surface area contributed by atoms with Gasteiger partial charge in [0.2, 0.25) is 12.1 Å². The summed E-state index contributed by atoms with van der Waals surface area (Å²) >= 11 is 0. The number of hydrogen-bond donors (Lipinski definition) is 7. The summed E-state index contributed by atoms with van der Waals surface area (Å²) in [7, 11) is 3.36. The summed E-state index contributed by atoms with van der Waals surface area (Å²) in [4.78, 5) is 4.26. The number of aromatic nitrogens is 1. The molecule has 0 radical (unpaired) electrons. The lowest BCUT2D eigenvalue weighted by molar-refractivity contribution is -0.419. The molecule has 7 N–H and O–H groups in total. The van der Waals surface area contributed by atoms with Gasteiger partial charge in [-0.1, -0.05) is 6.07 Å². The van der Waals surface area contributed by atoms with E-state index < -0.39 is 60.1 Å². The number of nitrogens with zero attached hydrogens (tertiary/aromatic N) is 1. The minimum absolute atomic E-state index is 0.00272. The van der Waals surface area contributed by atoms with E-state index in [0.29, 0.717) is 6.54 Å². The van der Waals surface area contributed by atoms with E-state index in [2.05, 4.69) is 20.9 Å². The highest BCUT2D eigenvalue weighted by Crippen LogP contribution is 2.44. The van der Waals surface area contributed by atoms with Crippen LogP contribution in [0.25, 0.3) is 0 Å². The second-order valence-corrected chi connectivity index (χ2v) is 9.32. The van der Waals surface area contributed by atoms with E-state index in [9.17, 15) is 20.4 Å². The van der Waals surface area contributed by atoms with E-state index in [-0.39, 0.29) is 19.6 Å². The Kier molecular flexibility index (Phi) is 7.37. The van der Waals surface area contributed by atoms with Gasteiger partial charge in [0.05, 0.1) is 42.8 Å². The zero-order chi connectivity index (χ0) is 23.8. The Balaban J connectivity index is 1.57. The second kappa shape index (κ2) is 9.78. The maximum Gasteiger partial charge on any atom is 0.249 e. The van der Waals surface area contributed by atoms with Crippen molar-refractivity contribution in [2.75, 3.05) is 27.2 Å². The molecular weight excluding hydrogens is 432 g/mol. The Morgan fingerprint density at radius 2 is 1.85 bits per heavy atom. The highest BCUT2D eigenvalue weighted by Gasteiger charge is 2.65. The molecule has 1 aromatic rings. The number of nitrogens with one attached hydrogen (secondary N) is 3. The van der Waals surface area contributed by atoms with Crippen molar-refractivity contribution < 1.29 is 34.6 Å². The van der Waals surface area contributed by atoms with Crippen LogP contribution in [-0.4, -0.2) is 107 Å². The summed E-state index contributed by atoms with van der Waals surface area (Å²) in [5.74, 6) is -2.68. The molecule has 3 heterocycles. The Hall–Kier alpha value is -1.25. The lowest BCUT2D eigenvalue weighted by Gasteiger charge is -2.51. The summed E-state index contributed by atoms with van der Waals surface area (Å²) < 4.78 is 18.0. The van der Waals surface area contributed by atoms with Crippen molar-refractivity contribution in [3.05, 3.63) is 30.1 Å². The van der Waals surface area contributed by atoms with Gasteiger partial charge in [0.25, 0.3) is 0 Å². The molecule has 0 bridgehead atoms. The molecule has 1 aliphatic carbocycles. The average molecular weight is 469 g/mol. The normalized spacial score (nSPS) is 45.7. The van der Waals surface area contributed by atoms with Gasteiger partial charge >= 0.3 is 0 Å². The summed E-state index contributed by atoms with van der Waals surface area (Å²) in [6.07, 6.45) is -2.79. The van der Waals surface area contributed by atoms with Gasteiger partial charge in [-0.25, -0.2) is 0 Å². The fourth-order valence-electron chi connectivity index (χ4n) is 5.43. The van der Waals surface area contributed by atoms with Crippen LogP contribution in [0, 0.1) is 5.92 Å². The molecule has 186 valence electrons. The van der Waals surface area contributed by atoms with Crippen molar-refractivity contribution >= 4 is 0 Å². The molecule has 11 heteroatoms. The summed E-state index contributed by atoms with van der Waals surface area (Å²) in [5, 5.41) is 54.1. The van der Waals surface area contributed by atoms with E-state index in [0.717, 1.165) is 5.69 Å². The van der Waals surface area contributed by atoms with Crippen LogP contribution in [0.3, 0.4) is 0 Å². The molecule has 2 aliphatic heterocycles. The van der Waals surface area contributed by atoms with Crippen LogP contribution in [0.2, 0.25) is 0 Å². The number of ether oxygens (including phenoxy) is 3. The fourth-order valence-corrected chi connectivity index (χ4v) is 5.43. The number of pyridine rings is 1. The third kappa shape index (κ3) is 4.43. The zero-order valence-corrected chi connectivity index (χ0v) is 19.2. The number of hydrogen-bond acceptors (Lipinski definition) is 11. The standard InChI is InChI=1S/C22H36N4O7/c1-12-8-21(29,11-25-9-13-6-4-5-7-26-13)22(30)20(32-12)33-19-14(10-31-22)15(23-2)17(27)16(24-3)18(19)28/h4-7,12,14-20,23-25,27-30H,8-11H2,1-3H3. The Labute approximate surface area is 193 Å². The number of aliphatic hydroxyl groups excluding tert-OH is 2. The molecule has 4 rings (SSSR count). The van der Waals surface area contributed by atoms with Gasteiger partial charge in [0.1, 0.15) is 5.60 Å². The third-order valence-corrected chi connectivity index (χ3v) is 7.18. The van der Waals surface area contributed by atoms with Gasteiger partial charge in [0, 0.05) is 37.7 Å². The van der Waals surface area contributed by atoms with E-state index in [1.54, 1.807) is 27.2 Å². The molecule has 1 aromatic heterocycles. The minimum Gasteiger partial charge on any atom is -0.390 e. The lowest BCUT2D eigenvalue weighted by atomic mass is 9.76. The first-order valence-electron chi connectivity index (χ1n) is 11.4. The van der Waals surface area contributed by atoms with Crippen molar-refractivity contribution in [2.45, 2.75) is 74.1 Å². The Bertz CT molecular complexity index is 791. The maximum atomic E-state index is 11.6. The van der Waals surface area contributed by atoms with Crippen molar-refractivity contribution in [1.29, 1.82) is 0 Å². The Morgan fingerprint density at radius 3 is 2.52 bits per heavy atom. The van der Waals surface area contributed by atoms with E-state index >= 15 is 0 Å². The largest absolute Gasteiger partial charge is 0.390 e. The Morgan fingerprint density at radius 1 is 1.09 bits per heavy atom. The number of fused-ring (bicyclic) bond motifs is 2. The van der Waals surface area contributed by atoms with Crippen molar-refractivity contribution in [3.63, 3.8) is 0 Å². The van der Waals surface area contributed by atoms with Crippen molar-refractivity contribution in [3.8, 4) is 0 Å². The van der Waals surface area contributed by atoms with Gasteiger partial charge in [-0.2, -0.15) is 0 Å². The maximum absolute atomic E-state index is 11.6. The van der Waals surface area contributed by atoms with Crippen LogP contribution in [0.4, 0.5) is 0 Å². The minimum atomic E-state index is -2.19. The highest BCUT2D eigenvalue weighted by atomic mass is 16.8. The van der Waals surface area contributed by atoms with E-state index in [1.807, 2.05) is 18.2 Å². The monoisotopic (exact) mass is 468 g/mol. The second-order valence-electron chi connectivity index (χ2n) is 9.32. The van der Waals surface area contributed by atoms with Crippen LogP contribution >= 0.6 is 0 Å². The molecule has 1 saturated carbocycles. The third-order valence-electron chi connectivity index (χ3n) is 7.18. The highest BCUT2D eigenvalue weighted by molar-refractivity contribution is 5.10. The van der Waals surface area contributed by atoms with Gasteiger partial charge in [-0.3, -0.25) is 4.98 Å². The van der Waals surface area contributed by atoms with Crippen LogP contribution in [0.15, 0.2) is 24.4 Å². The molecule has 0 spiro atoms. The molecule has 2 saturated heterocycles. The average Bonchev–Trinajstić information content (AvgIpc) is 2.93. The van der Waals surface area contributed by atoms with Crippen LogP contribution in [-0.2, 0) is 20.8 Å². The summed E-state index contributed by atoms with van der Waals surface area (Å²) in [5.41, 5.74) is -0.945. The molecule has 0 aromatic carbocycles. The summed E-state index contributed by atoms with van der Waals surface area (Å²) in [6, 6.07) is 4.42. The molecule has 3 fully saturated rings. The van der Waals surface area contributed by atoms with Gasteiger partial charge < -0.3 is 50.6 Å². The SMILES string of the molecule is CNC1C(O)C(NC)C2COC3(O)C(OC(C)CC3(O)CNCc3ccccn3)OC2C1O. The zero-order valence-electron chi connectivity index (χ0n) is 19.2. The van der Waals surface area contributed by atoms with Crippen molar-refractivity contribution in [2.24, 2.45) is 5.92 Å². The molecule has 10 unspecified atom stereocenters. The topological polar surface area (TPSA) is 158 Å². The van der Waals surface area contributed by atoms with Gasteiger partial charge in [0.15, 0.2) is 0 Å². The number of likely N-dealkylation sites (N-methyl/N-ethyl adjacent to an activating group) is 2. The van der Waals surface area contributed by atoms with Crippen LogP contribution < -0.4 is 16.0 Å². The van der Waals surface area contributed by atoms with Crippen LogP contribution in [0.1, 0.15) is 19.0 Å². The molecule has 11 nitrogen and oxygen atoms in total. The molecule has 3 aliphatic rings. The van der Waals surface area contributed by atoms with Gasteiger partial charge in [-0.15, -0.1) is 0 Å². The fraction of sp³-hybridized carbons (Fsp3) is 0.773. The number of rotatable bonds is 6. The lowest BCUT2D eigenvalue weighted by Crippen LogP contribution is -2.71. The predicted molar refractivity (Wildman–Crippen MR) is 117 cm³/mol. The number of aliphatic hydroxyl groups is 4. The van der Waals surface area contributed by atoms with Crippen molar-refractivity contribution in [1.82, 2.24) is 20.9 Å². The molecular formula is C22H36N4O7. The predicted octanol–water partition coefficient (Wildman–Crippen LogP) is -2.33. The molecule has 33 heavy (non-hydrogen) atoms. The molecule has 10 atom stereocenters. The van der Waals surface area contributed by atoms with Gasteiger partial charge in [-0.05, 0) is 33.2 Å². The first-order chi connectivity index (χ1) is 15.7. The van der Waals surface area contributed by atoms with E-state index in [1.165, 1.54) is 0 Å². The first-order valence-corrected chi connectivity index (χ1v) is 11.4. The molecule has 0 amide bonds. The quantitative estimate of drug-likeness (QED) is 0.240. The first kappa shape index (κ1) is 24.9.